The smallest absolute Gasteiger partial charge is 0.263 e. The van der Waals surface area contributed by atoms with Crippen molar-refractivity contribution in [3.05, 3.63) is 39.9 Å². The van der Waals surface area contributed by atoms with Gasteiger partial charge in [0.15, 0.2) is 0 Å². The Labute approximate surface area is 219 Å². The highest BCUT2D eigenvalue weighted by Gasteiger charge is 2.55. The van der Waals surface area contributed by atoms with E-state index in [1.165, 1.54) is 11.3 Å². The Hall–Kier alpha value is -2.99. The van der Waals surface area contributed by atoms with Gasteiger partial charge in [0.05, 0.1) is 36.5 Å². The molecule has 2 fully saturated rings. The highest BCUT2D eigenvalue weighted by molar-refractivity contribution is 7.21. The predicted molar refractivity (Wildman–Crippen MR) is 142 cm³/mol. The summed E-state index contributed by atoms with van der Waals surface area (Å²) in [6.07, 6.45) is 0.611. The number of hydrogen-bond donors (Lipinski definition) is 3. The zero-order valence-corrected chi connectivity index (χ0v) is 22.3. The van der Waals surface area contributed by atoms with E-state index in [2.05, 4.69) is 15.2 Å². The van der Waals surface area contributed by atoms with Gasteiger partial charge in [-0.15, -0.1) is 11.3 Å². The third-order valence-corrected chi connectivity index (χ3v) is 8.31. The predicted octanol–water partition coefficient (Wildman–Crippen LogP) is 2.29. The summed E-state index contributed by atoms with van der Waals surface area (Å²) in [6, 6.07) is 5.45. The van der Waals surface area contributed by atoms with Gasteiger partial charge in [0.1, 0.15) is 22.1 Å². The lowest BCUT2D eigenvalue weighted by Crippen LogP contribution is -2.49. The zero-order valence-electron chi connectivity index (χ0n) is 21.5. The maximum Gasteiger partial charge on any atom is 0.263 e. The minimum absolute atomic E-state index is 0.195. The van der Waals surface area contributed by atoms with E-state index < -0.39 is 5.79 Å². The van der Waals surface area contributed by atoms with Crippen molar-refractivity contribution in [1.29, 1.82) is 0 Å². The summed E-state index contributed by atoms with van der Waals surface area (Å²) < 4.78 is 18.2. The number of nitrogen functional groups attached to an aromatic ring is 1. The van der Waals surface area contributed by atoms with E-state index in [9.17, 15) is 4.79 Å². The molecule has 37 heavy (non-hydrogen) atoms. The van der Waals surface area contributed by atoms with Crippen molar-refractivity contribution in [1.82, 2.24) is 15.3 Å². The molecule has 0 aromatic carbocycles. The molecule has 10 nitrogen and oxygen atoms in total. The lowest BCUT2D eigenvalue weighted by molar-refractivity contribution is -0.173. The van der Waals surface area contributed by atoms with Gasteiger partial charge >= 0.3 is 0 Å². The van der Waals surface area contributed by atoms with Gasteiger partial charge < -0.3 is 35.9 Å². The van der Waals surface area contributed by atoms with Gasteiger partial charge in [0.25, 0.3) is 5.91 Å². The number of aromatic nitrogens is 2. The fraction of sp³-hybridized carbons (Fsp3) is 0.500. The van der Waals surface area contributed by atoms with Gasteiger partial charge in [-0.1, -0.05) is 0 Å². The van der Waals surface area contributed by atoms with Gasteiger partial charge in [0.2, 0.25) is 11.7 Å². The molecular formula is C26H32N6O4S. The number of pyridine rings is 2. The van der Waals surface area contributed by atoms with E-state index in [0.717, 1.165) is 32.9 Å². The highest BCUT2D eigenvalue weighted by Crippen LogP contribution is 2.39. The van der Waals surface area contributed by atoms with Gasteiger partial charge in [-0.2, -0.15) is 4.98 Å². The number of anilines is 2. The summed E-state index contributed by atoms with van der Waals surface area (Å²) in [5.74, 6) is 0.304. The van der Waals surface area contributed by atoms with Gasteiger partial charge in [-0.3, -0.25) is 4.79 Å². The van der Waals surface area contributed by atoms with Crippen LogP contribution < -0.4 is 26.4 Å². The Bertz CT molecular complexity index is 1410. The lowest BCUT2D eigenvalue weighted by atomic mass is 10.1. The SMILES string of the molecule is Cc1cc(C)c2c(N)c(C(=O)NC3COc4nc(N5CC(N)C6(C5)OCC(C)(C)O6)ccc4C3)sc2n1. The number of carbonyl (C=O) groups is 1. The first kappa shape index (κ1) is 24.4. The van der Waals surface area contributed by atoms with Crippen LogP contribution in [0.3, 0.4) is 0 Å². The third kappa shape index (κ3) is 4.19. The summed E-state index contributed by atoms with van der Waals surface area (Å²) >= 11 is 1.32. The Morgan fingerprint density at radius 2 is 2.08 bits per heavy atom. The van der Waals surface area contributed by atoms with Crippen LogP contribution >= 0.6 is 11.3 Å². The normalized spacial score (nSPS) is 26.5. The Kier molecular flexibility index (Phi) is 5.61. The van der Waals surface area contributed by atoms with E-state index in [4.69, 9.17) is 30.7 Å². The number of nitrogens with two attached hydrogens (primary N) is 2. The molecule has 3 aromatic rings. The lowest BCUT2D eigenvalue weighted by Gasteiger charge is -2.28. The number of fused-ring (bicyclic) bond motifs is 2. The third-order valence-electron chi connectivity index (χ3n) is 7.21. The van der Waals surface area contributed by atoms with E-state index in [1.807, 2.05) is 45.9 Å². The average Bonchev–Trinajstić information content (AvgIpc) is 3.45. The van der Waals surface area contributed by atoms with Crippen LogP contribution in [-0.4, -0.2) is 65.7 Å². The van der Waals surface area contributed by atoms with Crippen LogP contribution in [0.5, 0.6) is 5.88 Å². The number of aryl methyl sites for hydroxylation is 2. The molecule has 0 radical (unpaired) electrons. The fourth-order valence-corrected chi connectivity index (χ4v) is 6.60. The van der Waals surface area contributed by atoms with E-state index in [-0.39, 0.29) is 23.6 Å². The summed E-state index contributed by atoms with van der Waals surface area (Å²) in [4.78, 5) is 25.8. The van der Waals surface area contributed by atoms with Crippen LogP contribution in [0.4, 0.5) is 11.5 Å². The average molecular weight is 525 g/mol. The highest BCUT2D eigenvalue weighted by atomic mass is 32.1. The minimum Gasteiger partial charge on any atom is -0.475 e. The quantitative estimate of drug-likeness (QED) is 0.471. The van der Waals surface area contributed by atoms with Crippen LogP contribution in [0.15, 0.2) is 18.2 Å². The number of hydrogen-bond acceptors (Lipinski definition) is 10. The molecule has 1 spiro atoms. The second kappa shape index (κ2) is 8.52. The van der Waals surface area contributed by atoms with Gasteiger partial charge in [-0.05, 0) is 51.5 Å². The summed E-state index contributed by atoms with van der Waals surface area (Å²) in [5, 5.41) is 3.93. The largest absolute Gasteiger partial charge is 0.475 e. The molecule has 1 amide bonds. The number of ether oxygens (including phenoxy) is 3. The van der Waals surface area contributed by atoms with Crippen LogP contribution in [-0.2, 0) is 15.9 Å². The van der Waals surface area contributed by atoms with Crippen molar-refractivity contribution in [3.8, 4) is 5.88 Å². The minimum atomic E-state index is -0.821. The number of rotatable bonds is 3. The number of thiophene rings is 1. The first-order chi connectivity index (χ1) is 17.5. The van der Waals surface area contributed by atoms with E-state index in [0.29, 0.717) is 49.2 Å². The van der Waals surface area contributed by atoms with Crippen LogP contribution in [0.1, 0.15) is 40.3 Å². The van der Waals surface area contributed by atoms with Crippen LogP contribution in [0, 0.1) is 13.8 Å². The second-order valence-electron chi connectivity index (χ2n) is 10.9. The molecule has 6 heterocycles. The molecule has 0 aliphatic carbocycles. The fourth-order valence-electron chi connectivity index (χ4n) is 5.48. The standard InChI is InChI=1S/C26H32N6O4S/c1-13-7-14(2)29-24-19(13)20(28)21(37-24)22(33)30-16-8-15-5-6-18(31-23(15)34-10-16)32-9-17(27)26(11-32)35-12-25(3,4)36-26/h5-7,16-17H,8-12,27-28H2,1-4H3,(H,30,33). The van der Waals surface area contributed by atoms with Crippen molar-refractivity contribution in [2.45, 2.75) is 57.6 Å². The molecule has 5 N–H and O–H groups in total. The Morgan fingerprint density at radius 3 is 2.84 bits per heavy atom. The van der Waals surface area contributed by atoms with E-state index >= 15 is 0 Å². The topological polar surface area (TPSA) is 138 Å². The van der Waals surface area contributed by atoms with Crippen molar-refractivity contribution in [2.75, 3.05) is 36.9 Å². The molecule has 196 valence electrons. The zero-order chi connectivity index (χ0) is 26.1. The van der Waals surface area contributed by atoms with Crippen molar-refractivity contribution in [3.63, 3.8) is 0 Å². The van der Waals surface area contributed by atoms with E-state index in [1.54, 1.807) is 0 Å². The molecule has 6 rings (SSSR count). The molecule has 3 aliphatic heterocycles. The first-order valence-electron chi connectivity index (χ1n) is 12.5. The van der Waals surface area contributed by atoms with Crippen molar-refractivity contribution >= 4 is 39.0 Å². The molecule has 11 heteroatoms. The summed E-state index contributed by atoms with van der Waals surface area (Å²) in [6.45, 7) is 9.84. The Balaban J connectivity index is 1.15. The molecule has 3 aliphatic rings. The number of carbonyl (C=O) groups excluding carboxylic acids is 1. The summed E-state index contributed by atoms with van der Waals surface area (Å²) in [7, 11) is 0. The molecule has 3 unspecified atom stereocenters. The monoisotopic (exact) mass is 524 g/mol. The van der Waals surface area contributed by atoms with Gasteiger partial charge in [0, 0.05) is 29.6 Å². The maximum atomic E-state index is 13.1. The van der Waals surface area contributed by atoms with Gasteiger partial charge in [-0.25, -0.2) is 4.98 Å². The number of nitrogens with zero attached hydrogens (tertiary/aromatic N) is 3. The number of amides is 1. The molecule has 3 atom stereocenters. The summed E-state index contributed by atoms with van der Waals surface area (Å²) in [5.41, 5.74) is 15.7. The van der Waals surface area contributed by atoms with Crippen molar-refractivity contribution < 1.29 is 19.0 Å². The second-order valence-corrected chi connectivity index (χ2v) is 11.9. The number of nitrogens with one attached hydrogen (secondary N) is 1. The van der Waals surface area contributed by atoms with Crippen LogP contribution in [0.25, 0.3) is 10.2 Å². The molecule has 2 saturated heterocycles. The van der Waals surface area contributed by atoms with Crippen molar-refractivity contribution in [2.24, 2.45) is 5.73 Å². The Morgan fingerprint density at radius 1 is 1.27 bits per heavy atom. The molecule has 3 aromatic heterocycles. The first-order valence-corrected chi connectivity index (χ1v) is 13.3. The molecule has 0 saturated carbocycles. The maximum absolute atomic E-state index is 13.1. The molecule has 0 bridgehead atoms. The van der Waals surface area contributed by atoms with Crippen LogP contribution in [0.2, 0.25) is 0 Å². The molecular weight excluding hydrogens is 492 g/mol.